The molecule has 1 aromatic carbocycles. The van der Waals surface area contributed by atoms with E-state index in [1.54, 1.807) is 0 Å². The number of benzene rings is 1. The Kier molecular flexibility index (Phi) is 5.16. The van der Waals surface area contributed by atoms with Gasteiger partial charge in [0.05, 0.1) is 10.6 Å². The zero-order chi connectivity index (χ0) is 19.7. The number of nitrogens with one attached hydrogen (secondary N) is 1. The van der Waals surface area contributed by atoms with Gasteiger partial charge in [-0.25, -0.2) is 4.98 Å². The molecule has 13 heteroatoms. The first-order valence-corrected chi connectivity index (χ1v) is 6.75. The smallest absolute Gasteiger partial charge is 0.437 e. The van der Waals surface area contributed by atoms with Crippen molar-refractivity contribution in [2.45, 2.75) is 12.4 Å². The lowest BCUT2D eigenvalue weighted by molar-refractivity contribution is -0.142. The van der Waals surface area contributed by atoms with Crippen molar-refractivity contribution in [2.75, 3.05) is 0 Å². The third-order valence-electron chi connectivity index (χ3n) is 2.81. The van der Waals surface area contributed by atoms with Crippen molar-refractivity contribution in [1.82, 2.24) is 9.97 Å². The Bertz CT molecular complexity index is 907. The largest absolute Gasteiger partial charge is 0.449 e. The SMILES string of the molecule is O=c1[nH]c(C=NO)nc(C(F)(F)F)c1Oc1ccc(Cl)c(C(F)(F)F)c1. The summed E-state index contributed by atoms with van der Waals surface area (Å²) in [7, 11) is 0. The first kappa shape index (κ1) is 19.6. The molecule has 0 amide bonds. The van der Waals surface area contributed by atoms with Crippen LogP contribution in [0.5, 0.6) is 11.5 Å². The third kappa shape index (κ3) is 4.25. The maximum absolute atomic E-state index is 13.1. The number of oxime groups is 1. The van der Waals surface area contributed by atoms with Crippen LogP contribution >= 0.6 is 11.6 Å². The molecule has 26 heavy (non-hydrogen) atoms. The van der Waals surface area contributed by atoms with E-state index in [1.165, 1.54) is 0 Å². The van der Waals surface area contributed by atoms with Gasteiger partial charge in [-0.3, -0.25) is 4.79 Å². The number of aromatic nitrogens is 2. The number of nitrogens with zero attached hydrogens (tertiary/aromatic N) is 2. The first-order valence-electron chi connectivity index (χ1n) is 6.37. The van der Waals surface area contributed by atoms with Crippen LogP contribution in [0, 0.1) is 0 Å². The molecule has 1 heterocycles. The summed E-state index contributed by atoms with van der Waals surface area (Å²) in [5.74, 6) is -2.85. The van der Waals surface area contributed by atoms with Crippen molar-refractivity contribution in [2.24, 2.45) is 5.16 Å². The van der Waals surface area contributed by atoms with Gasteiger partial charge in [0.25, 0.3) is 5.56 Å². The number of halogens is 7. The van der Waals surface area contributed by atoms with Gasteiger partial charge >= 0.3 is 12.4 Å². The van der Waals surface area contributed by atoms with E-state index in [4.69, 9.17) is 21.5 Å². The lowest BCUT2D eigenvalue weighted by atomic mass is 10.2. The topological polar surface area (TPSA) is 87.6 Å². The van der Waals surface area contributed by atoms with E-state index in [2.05, 4.69) is 10.1 Å². The van der Waals surface area contributed by atoms with E-state index in [9.17, 15) is 31.1 Å². The molecule has 2 N–H and O–H groups in total. The van der Waals surface area contributed by atoms with Gasteiger partial charge in [-0.2, -0.15) is 26.3 Å². The Labute approximate surface area is 144 Å². The summed E-state index contributed by atoms with van der Waals surface area (Å²) in [6.07, 6.45) is -9.65. The Balaban J connectivity index is 2.58. The van der Waals surface area contributed by atoms with Gasteiger partial charge in [-0.15, -0.1) is 0 Å². The third-order valence-corrected chi connectivity index (χ3v) is 3.14. The molecule has 0 aliphatic heterocycles. The van der Waals surface area contributed by atoms with E-state index >= 15 is 0 Å². The second kappa shape index (κ2) is 6.86. The lowest BCUT2D eigenvalue weighted by Crippen LogP contribution is -2.22. The average Bonchev–Trinajstić information content (AvgIpc) is 2.49. The summed E-state index contributed by atoms with van der Waals surface area (Å²) in [6, 6.07) is 1.94. The number of H-pyrrole nitrogens is 1. The summed E-state index contributed by atoms with van der Waals surface area (Å²) >= 11 is 5.40. The van der Waals surface area contributed by atoms with E-state index in [0.29, 0.717) is 12.3 Å². The molecule has 0 aliphatic rings. The molecule has 0 spiro atoms. The highest BCUT2D eigenvalue weighted by atomic mass is 35.5. The molecule has 1 aromatic heterocycles. The number of alkyl halides is 6. The van der Waals surface area contributed by atoms with Gasteiger partial charge in [0.15, 0.2) is 11.5 Å². The maximum atomic E-state index is 13.1. The van der Waals surface area contributed by atoms with Crippen LogP contribution in [0.15, 0.2) is 28.1 Å². The summed E-state index contributed by atoms with van der Waals surface area (Å²) in [5.41, 5.74) is -4.64. The molecule has 0 fully saturated rings. The van der Waals surface area contributed by atoms with Gasteiger partial charge in [-0.1, -0.05) is 16.8 Å². The predicted molar refractivity (Wildman–Crippen MR) is 75.8 cm³/mol. The van der Waals surface area contributed by atoms with Crippen LogP contribution in [0.3, 0.4) is 0 Å². The molecular formula is C13H6ClF6N3O3. The summed E-state index contributed by atoms with van der Waals surface area (Å²) in [6.45, 7) is 0. The fourth-order valence-electron chi connectivity index (χ4n) is 1.79. The van der Waals surface area contributed by atoms with Gasteiger partial charge in [0, 0.05) is 0 Å². The second-order valence-electron chi connectivity index (χ2n) is 4.61. The van der Waals surface area contributed by atoms with Crippen molar-refractivity contribution >= 4 is 17.8 Å². The highest BCUT2D eigenvalue weighted by Crippen LogP contribution is 2.39. The van der Waals surface area contributed by atoms with E-state index in [0.717, 1.165) is 12.1 Å². The quantitative estimate of drug-likeness (QED) is 0.351. The predicted octanol–water partition coefficient (Wildman–Crippen LogP) is 4.06. The monoisotopic (exact) mass is 401 g/mol. The minimum Gasteiger partial charge on any atom is -0.449 e. The number of hydrogen-bond acceptors (Lipinski definition) is 5. The number of hydrogen-bond donors (Lipinski definition) is 2. The second-order valence-corrected chi connectivity index (χ2v) is 5.02. The molecule has 0 saturated carbocycles. The van der Waals surface area contributed by atoms with E-state index in [1.807, 2.05) is 4.98 Å². The molecule has 2 rings (SSSR count). The van der Waals surface area contributed by atoms with Crippen LogP contribution in [0.4, 0.5) is 26.3 Å². The van der Waals surface area contributed by atoms with Crippen LogP contribution in [0.1, 0.15) is 17.1 Å². The zero-order valence-corrected chi connectivity index (χ0v) is 12.9. The van der Waals surface area contributed by atoms with Crippen molar-refractivity contribution in [3.8, 4) is 11.5 Å². The fourth-order valence-corrected chi connectivity index (χ4v) is 2.01. The number of aromatic amines is 1. The van der Waals surface area contributed by atoms with Gasteiger partial charge in [0.2, 0.25) is 5.75 Å². The molecule has 140 valence electrons. The fraction of sp³-hybridized carbons (Fsp3) is 0.154. The molecule has 2 aromatic rings. The number of ether oxygens (including phenoxy) is 1. The summed E-state index contributed by atoms with van der Waals surface area (Å²) < 4.78 is 82.4. The molecular weight excluding hydrogens is 396 g/mol. The molecule has 0 saturated heterocycles. The average molecular weight is 402 g/mol. The lowest BCUT2D eigenvalue weighted by Gasteiger charge is -2.14. The normalized spacial score (nSPS) is 12.6. The Morgan fingerprint density at radius 2 is 1.85 bits per heavy atom. The molecule has 0 atom stereocenters. The van der Waals surface area contributed by atoms with Crippen LogP contribution in [0.2, 0.25) is 5.02 Å². The minimum absolute atomic E-state index is 0.338. The van der Waals surface area contributed by atoms with Crippen molar-refractivity contribution in [3.63, 3.8) is 0 Å². The van der Waals surface area contributed by atoms with Crippen molar-refractivity contribution in [1.29, 1.82) is 0 Å². The van der Waals surface area contributed by atoms with Crippen LogP contribution in [-0.4, -0.2) is 21.4 Å². The number of rotatable bonds is 3. The zero-order valence-electron chi connectivity index (χ0n) is 12.1. The van der Waals surface area contributed by atoms with Crippen LogP contribution in [-0.2, 0) is 12.4 Å². The van der Waals surface area contributed by atoms with E-state index in [-0.39, 0.29) is 0 Å². The van der Waals surface area contributed by atoms with Crippen molar-refractivity contribution < 1.29 is 36.3 Å². The van der Waals surface area contributed by atoms with Crippen LogP contribution in [0.25, 0.3) is 0 Å². The molecule has 6 nitrogen and oxygen atoms in total. The Hall–Kier alpha value is -2.76. The molecule has 0 unspecified atom stereocenters. The van der Waals surface area contributed by atoms with Crippen molar-refractivity contribution in [3.05, 3.63) is 50.7 Å². The van der Waals surface area contributed by atoms with Gasteiger partial charge in [-0.05, 0) is 18.2 Å². The van der Waals surface area contributed by atoms with Crippen LogP contribution < -0.4 is 10.3 Å². The minimum atomic E-state index is -5.18. The summed E-state index contributed by atoms with van der Waals surface area (Å²) in [4.78, 5) is 16.7. The highest BCUT2D eigenvalue weighted by Gasteiger charge is 2.39. The van der Waals surface area contributed by atoms with Gasteiger partial charge in [0.1, 0.15) is 12.0 Å². The maximum Gasteiger partial charge on any atom is 0.437 e. The van der Waals surface area contributed by atoms with Gasteiger partial charge < -0.3 is 14.9 Å². The Morgan fingerprint density at radius 1 is 1.19 bits per heavy atom. The summed E-state index contributed by atoms with van der Waals surface area (Å²) in [5, 5.41) is 10.0. The molecule has 0 radical (unpaired) electrons. The highest BCUT2D eigenvalue weighted by molar-refractivity contribution is 6.31. The van der Waals surface area contributed by atoms with E-state index < -0.39 is 51.5 Å². The Morgan fingerprint density at radius 3 is 2.38 bits per heavy atom. The first-order chi connectivity index (χ1) is 11.9. The molecule has 0 aliphatic carbocycles. The molecule has 0 bridgehead atoms. The standard InChI is InChI=1S/C13H6ClF6N3O3/c14-7-2-1-5(3-6(7)12(15,16)17)26-9-10(13(18,19)20)22-8(4-21-25)23-11(9)24/h1-4,25H,(H,22,23,24).